The first kappa shape index (κ1) is 15.9. The molecule has 0 unspecified atom stereocenters. The van der Waals surface area contributed by atoms with Crippen LogP contribution in [0.3, 0.4) is 0 Å². The van der Waals surface area contributed by atoms with Crippen LogP contribution in [0.2, 0.25) is 0 Å². The van der Waals surface area contributed by atoms with Gasteiger partial charge in [0.25, 0.3) is 0 Å². The molecule has 1 N–H and O–H groups in total. The number of hydrogen-bond acceptors (Lipinski definition) is 2. The molecule has 6 heteroatoms. The highest BCUT2D eigenvalue weighted by Crippen LogP contribution is 2.23. The summed E-state index contributed by atoms with van der Waals surface area (Å²) in [5.41, 5.74) is 0.247. The van der Waals surface area contributed by atoms with Gasteiger partial charge in [-0.05, 0) is 47.1 Å². The van der Waals surface area contributed by atoms with Crippen LogP contribution >= 0.6 is 27.3 Å². The quantitative estimate of drug-likeness (QED) is 0.776. The lowest BCUT2D eigenvalue weighted by molar-refractivity contribution is -0.117. The molecular weight excluding hydrogens is 360 g/mol. The molecule has 110 valence electrons. The van der Waals surface area contributed by atoms with Crippen LogP contribution < -0.4 is 5.32 Å². The number of thiophene rings is 1. The predicted molar refractivity (Wildman–Crippen MR) is 84.0 cm³/mol. The average Bonchev–Trinajstić information content (AvgIpc) is 2.82. The molecular formula is C15H12BrF2NOS. The van der Waals surface area contributed by atoms with Crippen molar-refractivity contribution in [3.63, 3.8) is 0 Å². The minimum Gasteiger partial charge on any atom is -0.346 e. The lowest BCUT2D eigenvalue weighted by atomic mass is 10.1. The Morgan fingerprint density at radius 1 is 1.33 bits per heavy atom. The van der Waals surface area contributed by atoms with E-state index in [0.717, 1.165) is 14.7 Å². The van der Waals surface area contributed by atoms with Gasteiger partial charge in [-0.15, -0.1) is 11.3 Å². The van der Waals surface area contributed by atoms with Crippen molar-refractivity contribution in [3.05, 3.63) is 62.3 Å². The summed E-state index contributed by atoms with van der Waals surface area (Å²) in [5, 5.41) is 2.64. The third-order valence-corrected chi connectivity index (χ3v) is 4.37. The van der Waals surface area contributed by atoms with E-state index < -0.39 is 17.7 Å². The highest BCUT2D eigenvalue weighted by molar-refractivity contribution is 9.11. The number of halogens is 3. The molecule has 0 aliphatic carbocycles. The third-order valence-electron chi connectivity index (χ3n) is 2.78. The third kappa shape index (κ3) is 4.47. The first-order valence-corrected chi connectivity index (χ1v) is 7.75. The van der Waals surface area contributed by atoms with Gasteiger partial charge in [-0.3, -0.25) is 4.79 Å². The summed E-state index contributed by atoms with van der Waals surface area (Å²) in [4.78, 5) is 12.7. The topological polar surface area (TPSA) is 29.1 Å². The Labute approximate surface area is 133 Å². The lowest BCUT2D eigenvalue weighted by Gasteiger charge is -2.13. The fraction of sp³-hybridized carbons (Fsp3) is 0.133. The number of hydrogen-bond donors (Lipinski definition) is 1. The molecule has 1 atom stereocenters. The lowest BCUT2D eigenvalue weighted by Crippen LogP contribution is -2.25. The van der Waals surface area contributed by atoms with Gasteiger partial charge in [0.15, 0.2) is 0 Å². The van der Waals surface area contributed by atoms with E-state index in [1.165, 1.54) is 29.5 Å². The zero-order chi connectivity index (χ0) is 15.4. The molecule has 2 rings (SSSR count). The van der Waals surface area contributed by atoms with Crippen molar-refractivity contribution in [3.8, 4) is 0 Å². The van der Waals surface area contributed by atoms with Crippen molar-refractivity contribution in [2.24, 2.45) is 0 Å². The normalized spacial score (nSPS) is 12.6. The van der Waals surface area contributed by atoms with Gasteiger partial charge in [0.05, 0.1) is 9.83 Å². The fourth-order valence-electron chi connectivity index (χ4n) is 1.77. The molecule has 0 fully saturated rings. The van der Waals surface area contributed by atoms with E-state index in [1.54, 1.807) is 13.0 Å². The molecule has 1 heterocycles. The van der Waals surface area contributed by atoms with Crippen LogP contribution in [0.25, 0.3) is 6.08 Å². The molecule has 1 aromatic heterocycles. The van der Waals surface area contributed by atoms with Crippen LogP contribution in [0.4, 0.5) is 8.78 Å². The van der Waals surface area contributed by atoms with Gasteiger partial charge in [0, 0.05) is 22.6 Å². The first-order valence-electron chi connectivity index (χ1n) is 6.14. The molecule has 2 aromatic rings. The van der Waals surface area contributed by atoms with Gasteiger partial charge < -0.3 is 5.32 Å². The standard InChI is InChI=1S/C15H12BrF2NOS/c1-9(12-5-2-10(17)8-13(12)18)19-15(20)7-4-11-3-6-14(16)21-11/h2-9H,1H3,(H,19,20)/b7-4+/t9-/m0/s1. The summed E-state index contributed by atoms with van der Waals surface area (Å²) in [7, 11) is 0. The Morgan fingerprint density at radius 3 is 2.71 bits per heavy atom. The molecule has 21 heavy (non-hydrogen) atoms. The second kappa shape index (κ2) is 6.95. The van der Waals surface area contributed by atoms with Crippen LogP contribution in [0.5, 0.6) is 0 Å². The van der Waals surface area contributed by atoms with Gasteiger partial charge in [-0.25, -0.2) is 8.78 Å². The van der Waals surface area contributed by atoms with Crippen molar-refractivity contribution in [2.45, 2.75) is 13.0 Å². The van der Waals surface area contributed by atoms with Gasteiger partial charge in [-0.2, -0.15) is 0 Å². The van der Waals surface area contributed by atoms with Crippen molar-refractivity contribution in [2.75, 3.05) is 0 Å². The zero-order valence-corrected chi connectivity index (χ0v) is 13.5. The molecule has 0 aliphatic rings. The number of carbonyl (C=O) groups excluding carboxylic acids is 1. The van der Waals surface area contributed by atoms with Crippen molar-refractivity contribution in [1.29, 1.82) is 0 Å². The number of benzene rings is 1. The molecule has 2 nitrogen and oxygen atoms in total. The Balaban J connectivity index is 2.00. The SMILES string of the molecule is C[C@H](NC(=O)/C=C/c1ccc(Br)s1)c1ccc(F)cc1F. The summed E-state index contributed by atoms with van der Waals surface area (Å²) < 4.78 is 27.4. The van der Waals surface area contributed by atoms with Crippen LogP contribution in [-0.2, 0) is 4.79 Å². The minimum atomic E-state index is -0.672. The smallest absolute Gasteiger partial charge is 0.244 e. The van der Waals surface area contributed by atoms with Crippen LogP contribution in [0.15, 0.2) is 40.2 Å². The predicted octanol–water partition coefficient (Wildman–Crippen LogP) is 4.68. The Kier molecular flexibility index (Phi) is 5.25. The Bertz CT molecular complexity index is 684. The highest BCUT2D eigenvalue weighted by atomic mass is 79.9. The maximum Gasteiger partial charge on any atom is 0.244 e. The van der Waals surface area contributed by atoms with E-state index in [9.17, 15) is 13.6 Å². The van der Waals surface area contributed by atoms with Crippen molar-refractivity contribution >= 4 is 39.2 Å². The molecule has 0 saturated heterocycles. The number of rotatable bonds is 4. The number of carbonyl (C=O) groups is 1. The molecule has 0 bridgehead atoms. The van der Waals surface area contributed by atoms with E-state index in [4.69, 9.17) is 0 Å². The maximum atomic E-state index is 13.6. The Hall–Kier alpha value is -1.53. The van der Waals surface area contributed by atoms with E-state index in [1.807, 2.05) is 12.1 Å². The number of amides is 1. The van der Waals surface area contributed by atoms with Gasteiger partial charge in [0.2, 0.25) is 5.91 Å². The average molecular weight is 372 g/mol. The molecule has 0 spiro atoms. The van der Waals surface area contributed by atoms with Crippen molar-refractivity contribution < 1.29 is 13.6 Å². The second-order valence-corrected chi connectivity index (χ2v) is 6.87. The number of nitrogens with one attached hydrogen (secondary N) is 1. The zero-order valence-electron chi connectivity index (χ0n) is 11.1. The maximum absolute atomic E-state index is 13.6. The minimum absolute atomic E-state index is 0.247. The van der Waals surface area contributed by atoms with Crippen LogP contribution in [0.1, 0.15) is 23.4 Å². The van der Waals surface area contributed by atoms with Crippen LogP contribution in [0, 0.1) is 11.6 Å². The summed E-state index contributed by atoms with van der Waals surface area (Å²) >= 11 is 4.83. The van der Waals surface area contributed by atoms with E-state index >= 15 is 0 Å². The first-order chi connectivity index (χ1) is 9.95. The molecule has 0 aliphatic heterocycles. The Morgan fingerprint density at radius 2 is 2.10 bits per heavy atom. The molecule has 1 aromatic carbocycles. The monoisotopic (exact) mass is 371 g/mol. The summed E-state index contributed by atoms with van der Waals surface area (Å²) in [6.07, 6.45) is 3.06. The fourth-order valence-corrected chi connectivity index (χ4v) is 3.09. The van der Waals surface area contributed by atoms with Crippen molar-refractivity contribution in [1.82, 2.24) is 5.32 Å². The van der Waals surface area contributed by atoms with Gasteiger partial charge >= 0.3 is 0 Å². The van der Waals surface area contributed by atoms with Gasteiger partial charge in [-0.1, -0.05) is 6.07 Å². The molecule has 0 radical (unpaired) electrons. The van der Waals surface area contributed by atoms with Gasteiger partial charge in [0.1, 0.15) is 11.6 Å². The summed E-state index contributed by atoms with van der Waals surface area (Å²) in [5.74, 6) is -1.65. The second-order valence-electron chi connectivity index (χ2n) is 4.37. The van der Waals surface area contributed by atoms with E-state index in [0.29, 0.717) is 0 Å². The summed E-state index contributed by atoms with van der Waals surface area (Å²) in [6.45, 7) is 1.64. The molecule has 1 amide bonds. The molecule has 0 saturated carbocycles. The van der Waals surface area contributed by atoms with E-state index in [-0.39, 0.29) is 11.5 Å². The van der Waals surface area contributed by atoms with Crippen LogP contribution in [-0.4, -0.2) is 5.91 Å². The highest BCUT2D eigenvalue weighted by Gasteiger charge is 2.13. The summed E-state index contributed by atoms with van der Waals surface area (Å²) in [6, 6.07) is 6.52. The largest absolute Gasteiger partial charge is 0.346 e. The van der Waals surface area contributed by atoms with E-state index in [2.05, 4.69) is 21.2 Å².